The molecule has 0 heterocycles. The van der Waals surface area contributed by atoms with Gasteiger partial charge in [0.15, 0.2) is 0 Å². The Hall–Kier alpha value is -0.840. The maximum absolute atomic E-state index is 11.7. The number of nitrogens with zero attached hydrogens (tertiary/aromatic N) is 1. The fourth-order valence-corrected chi connectivity index (χ4v) is 0.777. The van der Waals surface area contributed by atoms with Crippen LogP contribution in [0.15, 0.2) is 0 Å². The van der Waals surface area contributed by atoms with Gasteiger partial charge < -0.3 is 4.74 Å². The molecule has 0 spiro atoms. The Morgan fingerprint density at radius 3 is 2.40 bits per heavy atom. The molecule has 0 radical (unpaired) electrons. The average Bonchev–Trinajstić information content (AvgIpc) is 2.09. The molecule has 0 atom stereocenters. The largest absolute Gasteiger partial charge is 0.442 e. The number of rotatable bonds is 5. The molecule has 0 saturated carbocycles. The molecule has 0 aromatic heterocycles. The molecule has 0 bridgehead atoms. The third-order valence-corrected chi connectivity index (χ3v) is 1.46. The van der Waals surface area contributed by atoms with E-state index in [2.05, 4.69) is 0 Å². The Morgan fingerprint density at radius 1 is 1.33 bits per heavy atom. The fraction of sp³-hybridized carbons (Fsp3) is 0.900. The number of carbonyl (C=O) groups excluding carboxylic acids is 1. The third kappa shape index (κ3) is 8.17. The number of hydrogen-bond acceptors (Lipinski definition) is 3. The van der Waals surface area contributed by atoms with E-state index >= 15 is 0 Å². The topological polar surface area (TPSA) is 38.8 Å². The highest BCUT2D eigenvalue weighted by molar-refractivity contribution is 5.66. The van der Waals surface area contributed by atoms with Gasteiger partial charge in [0.25, 0.3) is 0 Å². The van der Waals surface area contributed by atoms with E-state index in [1.165, 1.54) is 7.05 Å². The summed E-state index contributed by atoms with van der Waals surface area (Å²) in [5.41, 5.74) is -0.534. The van der Waals surface area contributed by atoms with E-state index in [0.29, 0.717) is 19.4 Å². The van der Waals surface area contributed by atoms with Crippen LogP contribution < -0.4 is 0 Å². The Bertz CT molecular complexity index is 192. The predicted molar refractivity (Wildman–Crippen MR) is 55.2 cm³/mol. The summed E-state index contributed by atoms with van der Waals surface area (Å²) in [6, 6.07) is 0. The van der Waals surface area contributed by atoms with Crippen LogP contribution in [0.3, 0.4) is 0 Å². The van der Waals surface area contributed by atoms with E-state index in [1.807, 2.05) is 0 Å². The van der Waals surface area contributed by atoms with Crippen LogP contribution in [0.1, 0.15) is 33.6 Å². The molecule has 0 unspecified atom stereocenters. The van der Waals surface area contributed by atoms with Crippen LogP contribution in [0.25, 0.3) is 0 Å². The lowest BCUT2D eigenvalue weighted by Gasteiger charge is -2.23. The summed E-state index contributed by atoms with van der Waals surface area (Å²) in [4.78, 5) is 16.4. The maximum atomic E-state index is 11.7. The van der Waals surface area contributed by atoms with E-state index in [4.69, 9.17) is 9.57 Å². The summed E-state index contributed by atoms with van der Waals surface area (Å²) in [6.07, 6.45) is 0.494. The first-order chi connectivity index (χ1) is 6.87. The summed E-state index contributed by atoms with van der Waals surface area (Å²) in [5, 5.41) is 1.03. The van der Waals surface area contributed by atoms with Gasteiger partial charge in [-0.15, -0.1) is 0 Å². The molecular weight excluding hydrogens is 201 g/mol. The van der Waals surface area contributed by atoms with Crippen LogP contribution in [-0.2, 0) is 9.57 Å². The molecule has 0 rings (SSSR count). The minimum atomic E-state index is -0.539. The number of ether oxygens (including phenoxy) is 1. The summed E-state index contributed by atoms with van der Waals surface area (Å²) in [6.45, 7) is 5.30. The number of unbranched alkanes of at least 4 members (excludes halogenated alkanes) is 1. The van der Waals surface area contributed by atoms with Gasteiger partial charge in [-0.1, -0.05) is 0 Å². The fourth-order valence-electron chi connectivity index (χ4n) is 0.777. The number of halogens is 1. The molecule has 90 valence electrons. The lowest BCUT2D eigenvalue weighted by atomic mass is 10.2. The van der Waals surface area contributed by atoms with E-state index in [-0.39, 0.29) is 6.67 Å². The van der Waals surface area contributed by atoms with Gasteiger partial charge in [-0.25, -0.2) is 4.79 Å². The van der Waals surface area contributed by atoms with E-state index < -0.39 is 11.7 Å². The highest BCUT2D eigenvalue weighted by Gasteiger charge is 2.19. The first-order valence-corrected chi connectivity index (χ1v) is 5.02. The van der Waals surface area contributed by atoms with E-state index in [9.17, 15) is 9.18 Å². The van der Waals surface area contributed by atoms with Crippen LogP contribution in [0.4, 0.5) is 9.18 Å². The third-order valence-electron chi connectivity index (χ3n) is 1.46. The molecule has 0 fully saturated rings. The first-order valence-electron chi connectivity index (χ1n) is 5.02. The normalized spacial score (nSPS) is 11.3. The number of hydroxylamine groups is 2. The zero-order valence-electron chi connectivity index (χ0n) is 9.88. The van der Waals surface area contributed by atoms with Gasteiger partial charge in [0.05, 0.1) is 13.3 Å². The van der Waals surface area contributed by atoms with Crippen molar-refractivity contribution in [3.63, 3.8) is 0 Å². The number of amides is 1. The molecule has 0 aromatic rings. The van der Waals surface area contributed by atoms with Crippen LogP contribution in [0.2, 0.25) is 0 Å². The van der Waals surface area contributed by atoms with Gasteiger partial charge in [-0.05, 0) is 33.6 Å². The van der Waals surface area contributed by atoms with Crippen molar-refractivity contribution in [3.05, 3.63) is 0 Å². The molecule has 1 amide bonds. The molecule has 4 nitrogen and oxygen atoms in total. The SMILES string of the molecule is CN(OCCCCF)C(=O)OC(C)(C)C. The summed E-state index contributed by atoms with van der Waals surface area (Å²) >= 11 is 0. The summed E-state index contributed by atoms with van der Waals surface area (Å²) in [7, 11) is 1.48. The molecule has 0 aliphatic rings. The smallest absolute Gasteiger partial charge is 0.434 e. The lowest BCUT2D eigenvalue weighted by molar-refractivity contribution is -0.132. The second kappa shape index (κ2) is 6.61. The molecule has 0 aliphatic carbocycles. The van der Waals surface area contributed by atoms with Crippen molar-refractivity contribution in [1.82, 2.24) is 5.06 Å². The summed E-state index contributed by atoms with van der Waals surface area (Å²) < 4.78 is 16.8. The second-order valence-electron chi connectivity index (χ2n) is 4.21. The van der Waals surface area contributed by atoms with Gasteiger partial charge in [0.2, 0.25) is 0 Å². The number of alkyl halides is 1. The standard InChI is InChI=1S/C10H20FNO3/c1-10(2,3)15-9(13)12(4)14-8-6-5-7-11/h5-8H2,1-4H3. The Kier molecular flexibility index (Phi) is 6.24. The molecule has 0 N–H and O–H groups in total. The molecule has 5 heteroatoms. The van der Waals surface area contributed by atoms with Crippen LogP contribution in [0, 0.1) is 0 Å². The van der Waals surface area contributed by atoms with Crippen molar-refractivity contribution >= 4 is 6.09 Å². The highest BCUT2D eigenvalue weighted by Crippen LogP contribution is 2.09. The lowest BCUT2D eigenvalue weighted by Crippen LogP contribution is -2.34. The molecule has 0 aliphatic heterocycles. The van der Waals surface area contributed by atoms with Crippen molar-refractivity contribution in [1.29, 1.82) is 0 Å². The second-order valence-corrected chi connectivity index (χ2v) is 4.21. The minimum absolute atomic E-state index is 0.319. The molecular formula is C10H20FNO3. The number of hydrogen-bond donors (Lipinski definition) is 0. The molecule has 15 heavy (non-hydrogen) atoms. The number of carbonyl (C=O) groups is 1. The van der Waals surface area contributed by atoms with Gasteiger partial charge in [-0.2, -0.15) is 5.06 Å². The van der Waals surface area contributed by atoms with Crippen molar-refractivity contribution in [2.45, 2.75) is 39.2 Å². The van der Waals surface area contributed by atoms with Crippen LogP contribution >= 0.6 is 0 Å². The Morgan fingerprint density at radius 2 is 1.93 bits per heavy atom. The van der Waals surface area contributed by atoms with Crippen LogP contribution in [0.5, 0.6) is 0 Å². The van der Waals surface area contributed by atoms with E-state index in [1.54, 1.807) is 20.8 Å². The van der Waals surface area contributed by atoms with Gasteiger partial charge >= 0.3 is 6.09 Å². The van der Waals surface area contributed by atoms with Gasteiger partial charge in [-0.3, -0.25) is 9.23 Å². The minimum Gasteiger partial charge on any atom is -0.442 e. The molecule has 0 aromatic carbocycles. The van der Waals surface area contributed by atoms with Crippen molar-refractivity contribution < 1.29 is 18.8 Å². The van der Waals surface area contributed by atoms with Crippen LogP contribution in [-0.4, -0.2) is 37.1 Å². The van der Waals surface area contributed by atoms with Gasteiger partial charge in [0, 0.05) is 7.05 Å². The maximum Gasteiger partial charge on any atom is 0.434 e. The van der Waals surface area contributed by atoms with Crippen molar-refractivity contribution in [3.8, 4) is 0 Å². The zero-order valence-corrected chi connectivity index (χ0v) is 9.88. The summed E-state index contributed by atoms with van der Waals surface area (Å²) in [5.74, 6) is 0. The average molecular weight is 221 g/mol. The van der Waals surface area contributed by atoms with Gasteiger partial charge in [0.1, 0.15) is 5.60 Å². The monoisotopic (exact) mass is 221 g/mol. The quantitative estimate of drug-likeness (QED) is 0.529. The Labute approximate surface area is 90.3 Å². The highest BCUT2D eigenvalue weighted by atomic mass is 19.1. The van der Waals surface area contributed by atoms with Crippen molar-refractivity contribution in [2.24, 2.45) is 0 Å². The van der Waals surface area contributed by atoms with E-state index in [0.717, 1.165) is 5.06 Å². The molecule has 0 saturated heterocycles. The predicted octanol–water partition coefficient (Wildman–Crippen LogP) is 2.53. The first kappa shape index (κ1) is 14.2. The zero-order chi connectivity index (χ0) is 11.9. The van der Waals surface area contributed by atoms with Crippen molar-refractivity contribution in [2.75, 3.05) is 20.3 Å². The Balaban J connectivity index is 3.70.